The summed E-state index contributed by atoms with van der Waals surface area (Å²) in [5.41, 5.74) is 20.1. The molecule has 0 unspecified atom stereocenters. The lowest BCUT2D eigenvalue weighted by Gasteiger charge is -2.32. The monoisotopic (exact) mass is 815 g/mol. The van der Waals surface area contributed by atoms with Crippen LogP contribution in [0.25, 0.3) is 11.1 Å². The number of unbranched alkanes of at least 4 members (excludes halogenated alkanes) is 5. The number of aryl methyl sites for hydroxylation is 5. The molecular formula is C60H66N2. The molecule has 0 saturated carbocycles. The van der Waals surface area contributed by atoms with Gasteiger partial charge in [-0.2, -0.15) is 0 Å². The van der Waals surface area contributed by atoms with Crippen LogP contribution in [0.3, 0.4) is 0 Å². The first-order valence-electron chi connectivity index (χ1n) is 23.6. The van der Waals surface area contributed by atoms with Crippen LogP contribution >= 0.6 is 0 Å². The summed E-state index contributed by atoms with van der Waals surface area (Å²) in [5.74, 6) is 0. The highest BCUT2D eigenvalue weighted by molar-refractivity contribution is 5.90. The largest absolute Gasteiger partial charge is 0.310 e. The standard InChI is InChI=1S/C60H66N2/c1-7-10-13-14-20-46-21-15-24-49(39-46)60(6)58-42-54(61(50-31-27-44(4)28-32-50)52-25-16-22-47(40-52)18-11-8-2)35-37-56(58)57-38-36-55(43-59(57)60)62(51-33-29-45(5)30-34-51)53-26-17-23-48(41-53)19-12-9-3/h15-17,21-43H,7-14,18-20H2,1-6H3. The van der Waals surface area contributed by atoms with Crippen molar-refractivity contribution in [2.24, 2.45) is 0 Å². The molecule has 1 aliphatic carbocycles. The molecule has 0 aliphatic heterocycles. The minimum atomic E-state index is -0.403. The summed E-state index contributed by atoms with van der Waals surface area (Å²) in [4.78, 5) is 4.94. The van der Waals surface area contributed by atoms with E-state index in [2.05, 4.69) is 209 Å². The Morgan fingerprint density at radius 1 is 0.371 bits per heavy atom. The molecule has 7 aromatic carbocycles. The molecule has 0 N–H and O–H groups in total. The van der Waals surface area contributed by atoms with Crippen molar-refractivity contribution in [3.63, 3.8) is 0 Å². The van der Waals surface area contributed by atoms with Gasteiger partial charge in [-0.25, -0.2) is 0 Å². The van der Waals surface area contributed by atoms with Gasteiger partial charge in [-0.15, -0.1) is 0 Å². The molecule has 1 aliphatic rings. The van der Waals surface area contributed by atoms with Gasteiger partial charge in [0.05, 0.1) is 0 Å². The predicted octanol–water partition coefficient (Wildman–Crippen LogP) is 17.4. The zero-order valence-corrected chi connectivity index (χ0v) is 38.2. The minimum absolute atomic E-state index is 0.403. The van der Waals surface area contributed by atoms with Crippen LogP contribution in [0.15, 0.2) is 158 Å². The van der Waals surface area contributed by atoms with Gasteiger partial charge in [0.2, 0.25) is 0 Å². The molecule has 0 radical (unpaired) electrons. The van der Waals surface area contributed by atoms with E-state index in [1.807, 2.05) is 0 Å². The van der Waals surface area contributed by atoms with E-state index in [9.17, 15) is 0 Å². The predicted molar refractivity (Wildman–Crippen MR) is 268 cm³/mol. The van der Waals surface area contributed by atoms with Gasteiger partial charge in [0.15, 0.2) is 0 Å². The van der Waals surface area contributed by atoms with Crippen LogP contribution in [0, 0.1) is 13.8 Å². The molecule has 7 aromatic rings. The molecule has 0 heterocycles. The van der Waals surface area contributed by atoms with Crippen LogP contribution < -0.4 is 9.80 Å². The summed E-state index contributed by atoms with van der Waals surface area (Å²) in [6, 6.07) is 60.6. The van der Waals surface area contributed by atoms with Crippen molar-refractivity contribution >= 4 is 34.1 Å². The molecule has 8 rings (SSSR count). The number of hydrogen-bond donors (Lipinski definition) is 0. The van der Waals surface area contributed by atoms with Crippen molar-refractivity contribution in [1.29, 1.82) is 0 Å². The number of anilines is 6. The van der Waals surface area contributed by atoms with Gasteiger partial charge in [-0.3, -0.25) is 0 Å². The Morgan fingerprint density at radius 3 is 1.24 bits per heavy atom. The summed E-state index contributed by atoms with van der Waals surface area (Å²) in [5, 5.41) is 0. The zero-order valence-electron chi connectivity index (χ0n) is 38.2. The Morgan fingerprint density at radius 2 is 0.774 bits per heavy atom. The maximum absolute atomic E-state index is 2.52. The smallest absolute Gasteiger partial charge is 0.0465 e. The molecular weight excluding hydrogens is 749 g/mol. The lowest BCUT2D eigenvalue weighted by molar-refractivity contribution is 0.664. The Kier molecular flexibility index (Phi) is 13.4. The maximum Gasteiger partial charge on any atom is 0.0465 e. The quantitative estimate of drug-likeness (QED) is 0.0796. The molecule has 0 saturated heterocycles. The van der Waals surface area contributed by atoms with Crippen molar-refractivity contribution < 1.29 is 0 Å². The van der Waals surface area contributed by atoms with E-state index in [1.165, 1.54) is 141 Å². The van der Waals surface area contributed by atoms with E-state index >= 15 is 0 Å². The topological polar surface area (TPSA) is 6.48 Å². The lowest BCUT2D eigenvalue weighted by atomic mass is 9.73. The fourth-order valence-electron chi connectivity index (χ4n) is 9.64. The Hall–Kier alpha value is -5.86. The van der Waals surface area contributed by atoms with E-state index in [-0.39, 0.29) is 0 Å². The first kappa shape index (κ1) is 42.8. The fourth-order valence-corrected chi connectivity index (χ4v) is 9.64. The molecule has 0 bridgehead atoms. The average Bonchev–Trinajstić information content (AvgIpc) is 3.55. The van der Waals surface area contributed by atoms with Crippen molar-refractivity contribution in [2.75, 3.05) is 9.80 Å². The van der Waals surface area contributed by atoms with E-state index in [1.54, 1.807) is 0 Å². The first-order chi connectivity index (χ1) is 30.3. The molecule has 0 atom stereocenters. The molecule has 316 valence electrons. The van der Waals surface area contributed by atoms with Crippen LogP contribution in [-0.4, -0.2) is 0 Å². The third-order valence-corrected chi connectivity index (χ3v) is 13.3. The van der Waals surface area contributed by atoms with E-state index in [0.29, 0.717) is 0 Å². The minimum Gasteiger partial charge on any atom is -0.310 e. The highest BCUT2D eigenvalue weighted by atomic mass is 15.1. The molecule has 0 fully saturated rings. The lowest BCUT2D eigenvalue weighted by Crippen LogP contribution is -2.24. The van der Waals surface area contributed by atoms with E-state index in [0.717, 1.165) is 19.3 Å². The second-order valence-corrected chi connectivity index (χ2v) is 18.0. The number of nitrogens with zero attached hydrogens (tertiary/aromatic N) is 2. The molecule has 62 heavy (non-hydrogen) atoms. The zero-order chi connectivity index (χ0) is 43.1. The third kappa shape index (κ3) is 9.03. The van der Waals surface area contributed by atoms with Crippen molar-refractivity contribution in [3.8, 4) is 11.1 Å². The van der Waals surface area contributed by atoms with Crippen molar-refractivity contribution in [1.82, 2.24) is 0 Å². The molecule has 0 amide bonds. The molecule has 0 aromatic heterocycles. The van der Waals surface area contributed by atoms with Gasteiger partial charge in [0.25, 0.3) is 0 Å². The first-order valence-corrected chi connectivity index (χ1v) is 23.6. The highest BCUT2D eigenvalue weighted by Gasteiger charge is 2.42. The van der Waals surface area contributed by atoms with Gasteiger partial charge < -0.3 is 9.80 Å². The van der Waals surface area contributed by atoms with Crippen LogP contribution in [-0.2, 0) is 24.7 Å². The fraction of sp³-hybridized carbons (Fsp3) is 0.300. The summed E-state index contributed by atoms with van der Waals surface area (Å²) >= 11 is 0. The van der Waals surface area contributed by atoms with E-state index in [4.69, 9.17) is 0 Å². The Labute approximate surface area is 373 Å². The Bertz CT molecular complexity index is 2430. The number of hydrogen-bond acceptors (Lipinski definition) is 2. The van der Waals surface area contributed by atoms with Gasteiger partial charge >= 0.3 is 0 Å². The average molecular weight is 815 g/mol. The van der Waals surface area contributed by atoms with Gasteiger partial charge in [0.1, 0.15) is 0 Å². The third-order valence-electron chi connectivity index (χ3n) is 13.3. The van der Waals surface area contributed by atoms with Gasteiger partial charge in [-0.1, -0.05) is 149 Å². The van der Waals surface area contributed by atoms with Crippen LogP contribution in [0.2, 0.25) is 0 Å². The summed E-state index contributed by atoms with van der Waals surface area (Å²) in [6.07, 6.45) is 13.1. The second-order valence-electron chi connectivity index (χ2n) is 18.0. The number of fused-ring (bicyclic) bond motifs is 3. The summed E-state index contributed by atoms with van der Waals surface area (Å²) in [6.45, 7) is 13.7. The molecule has 2 heteroatoms. The van der Waals surface area contributed by atoms with Crippen LogP contribution in [0.5, 0.6) is 0 Å². The number of benzene rings is 7. The van der Waals surface area contributed by atoms with Gasteiger partial charge in [-0.05, 0) is 177 Å². The second kappa shape index (κ2) is 19.5. The van der Waals surface area contributed by atoms with Crippen LogP contribution in [0.4, 0.5) is 34.1 Å². The maximum atomic E-state index is 2.52. The molecule has 2 nitrogen and oxygen atoms in total. The van der Waals surface area contributed by atoms with Crippen LogP contribution in [0.1, 0.15) is 124 Å². The SMILES string of the molecule is CCCCCCc1cccc(C2(C)c3cc(N(c4ccc(C)cc4)c4cccc(CCCC)c4)ccc3-c3ccc(N(c4ccc(C)cc4)c4cccc(CCCC)c4)cc32)c1. The van der Waals surface area contributed by atoms with Crippen molar-refractivity contribution in [3.05, 3.63) is 202 Å². The molecule has 0 spiro atoms. The number of rotatable bonds is 18. The van der Waals surface area contributed by atoms with Gasteiger partial charge in [0, 0.05) is 39.5 Å². The van der Waals surface area contributed by atoms with E-state index < -0.39 is 5.41 Å². The summed E-state index contributed by atoms with van der Waals surface area (Å²) < 4.78 is 0. The normalized spacial score (nSPS) is 12.5. The Balaban J connectivity index is 1.31. The highest BCUT2D eigenvalue weighted by Crippen LogP contribution is 2.55. The van der Waals surface area contributed by atoms with Crippen molar-refractivity contribution in [2.45, 2.75) is 118 Å². The summed E-state index contributed by atoms with van der Waals surface area (Å²) in [7, 11) is 0.